The summed E-state index contributed by atoms with van der Waals surface area (Å²) < 4.78 is 27.6. The maximum absolute atomic E-state index is 12.3. The van der Waals surface area contributed by atoms with Gasteiger partial charge in [-0.2, -0.15) is 5.26 Å². The van der Waals surface area contributed by atoms with Gasteiger partial charge in [-0.3, -0.25) is 4.72 Å². The minimum Gasteiger partial charge on any atom is -0.398 e. The van der Waals surface area contributed by atoms with E-state index in [1.807, 2.05) is 6.07 Å². The highest BCUT2D eigenvalue weighted by Crippen LogP contribution is 2.25. The summed E-state index contributed by atoms with van der Waals surface area (Å²) in [5.41, 5.74) is 6.31. The Morgan fingerprint density at radius 2 is 1.90 bits per heavy atom. The summed E-state index contributed by atoms with van der Waals surface area (Å²) in [6, 6.07) is 12.8. The lowest BCUT2D eigenvalue weighted by Gasteiger charge is -2.11. The molecule has 0 spiro atoms. The molecule has 0 atom stereocenters. The van der Waals surface area contributed by atoms with Gasteiger partial charge in [0.1, 0.15) is 11.0 Å². The second-order valence-corrected chi connectivity index (χ2v) is 6.51. The van der Waals surface area contributed by atoms with Crippen molar-refractivity contribution in [3.8, 4) is 6.07 Å². The Kier molecular flexibility index (Phi) is 3.97. The van der Waals surface area contributed by atoms with Crippen LogP contribution in [0.1, 0.15) is 5.56 Å². The molecular formula is C13H10BrN3O2S. The van der Waals surface area contributed by atoms with Gasteiger partial charge in [-0.1, -0.05) is 28.1 Å². The van der Waals surface area contributed by atoms with Crippen LogP contribution in [0.25, 0.3) is 0 Å². The number of hydrogen-bond donors (Lipinski definition) is 2. The first-order valence-electron chi connectivity index (χ1n) is 5.51. The highest BCUT2D eigenvalue weighted by atomic mass is 79.9. The van der Waals surface area contributed by atoms with Crippen LogP contribution in [0.5, 0.6) is 0 Å². The number of nitrogens with two attached hydrogens (primary N) is 1. The predicted octanol–water partition coefficient (Wildman–Crippen LogP) is 2.70. The van der Waals surface area contributed by atoms with Crippen molar-refractivity contribution in [2.24, 2.45) is 0 Å². The third kappa shape index (κ3) is 2.92. The Morgan fingerprint density at radius 1 is 1.20 bits per heavy atom. The molecule has 0 bridgehead atoms. The number of rotatable bonds is 3. The number of hydrogen-bond acceptors (Lipinski definition) is 4. The highest BCUT2D eigenvalue weighted by Gasteiger charge is 2.18. The number of para-hydroxylation sites is 1. The Bertz CT molecular complexity index is 798. The Labute approximate surface area is 125 Å². The molecule has 0 saturated heterocycles. The first kappa shape index (κ1) is 14.4. The maximum atomic E-state index is 12.3. The maximum Gasteiger partial charge on any atom is 0.263 e. The summed E-state index contributed by atoms with van der Waals surface area (Å²) in [5.74, 6) is 0. The number of anilines is 2. The van der Waals surface area contributed by atoms with Crippen LogP contribution in [-0.2, 0) is 10.0 Å². The standard InChI is InChI=1S/C13H10BrN3O2S/c14-10-5-6-13(11(16)7-10)20(18,19)17-12-4-2-1-3-9(12)8-15/h1-7,17H,16H2. The van der Waals surface area contributed by atoms with Crippen LogP contribution >= 0.6 is 15.9 Å². The lowest BCUT2D eigenvalue weighted by Crippen LogP contribution is -2.15. The molecule has 0 saturated carbocycles. The van der Waals surface area contributed by atoms with Crippen LogP contribution in [0, 0.1) is 11.3 Å². The summed E-state index contributed by atoms with van der Waals surface area (Å²) in [6.07, 6.45) is 0. The topological polar surface area (TPSA) is 96.0 Å². The first-order chi connectivity index (χ1) is 9.44. The summed E-state index contributed by atoms with van der Waals surface area (Å²) in [5, 5.41) is 8.96. The van der Waals surface area contributed by atoms with Gasteiger partial charge in [0, 0.05) is 4.47 Å². The van der Waals surface area contributed by atoms with Crippen LogP contribution in [0.2, 0.25) is 0 Å². The number of halogens is 1. The molecule has 0 heterocycles. The molecule has 0 aliphatic heterocycles. The highest BCUT2D eigenvalue weighted by molar-refractivity contribution is 9.10. The molecular weight excluding hydrogens is 342 g/mol. The van der Waals surface area contributed by atoms with Crippen LogP contribution in [0.4, 0.5) is 11.4 Å². The van der Waals surface area contributed by atoms with Gasteiger partial charge in [0.25, 0.3) is 10.0 Å². The van der Waals surface area contributed by atoms with Gasteiger partial charge in [-0.25, -0.2) is 8.42 Å². The molecule has 7 heteroatoms. The number of nitrogens with zero attached hydrogens (tertiary/aromatic N) is 1. The first-order valence-corrected chi connectivity index (χ1v) is 7.78. The molecule has 2 aromatic carbocycles. The SMILES string of the molecule is N#Cc1ccccc1NS(=O)(=O)c1ccc(Br)cc1N. The van der Waals surface area contributed by atoms with Gasteiger partial charge < -0.3 is 5.73 Å². The molecule has 2 rings (SSSR count). The average molecular weight is 352 g/mol. The van der Waals surface area contributed by atoms with Crippen LogP contribution in [0.3, 0.4) is 0 Å². The lowest BCUT2D eigenvalue weighted by molar-refractivity contribution is 0.601. The van der Waals surface area contributed by atoms with E-state index >= 15 is 0 Å². The lowest BCUT2D eigenvalue weighted by atomic mass is 10.2. The Balaban J connectivity index is 2.44. The zero-order chi connectivity index (χ0) is 14.8. The number of benzene rings is 2. The van der Waals surface area contributed by atoms with Gasteiger partial charge in [0.2, 0.25) is 0 Å². The molecule has 0 aromatic heterocycles. The predicted molar refractivity (Wildman–Crippen MR) is 80.5 cm³/mol. The van der Waals surface area contributed by atoms with Gasteiger partial charge in [-0.05, 0) is 30.3 Å². The summed E-state index contributed by atoms with van der Waals surface area (Å²) in [7, 11) is -3.84. The smallest absolute Gasteiger partial charge is 0.263 e. The largest absolute Gasteiger partial charge is 0.398 e. The van der Waals surface area contributed by atoms with Crippen LogP contribution in [0.15, 0.2) is 51.8 Å². The Hall–Kier alpha value is -2.04. The van der Waals surface area contributed by atoms with Gasteiger partial charge in [0.15, 0.2) is 0 Å². The monoisotopic (exact) mass is 351 g/mol. The van der Waals surface area contributed by atoms with Crippen molar-refractivity contribution in [3.63, 3.8) is 0 Å². The van der Waals surface area contributed by atoms with Crippen molar-refractivity contribution in [2.75, 3.05) is 10.5 Å². The molecule has 0 radical (unpaired) electrons. The second-order valence-electron chi connectivity index (χ2n) is 3.95. The van der Waals surface area contributed by atoms with Gasteiger partial charge in [0.05, 0.1) is 16.9 Å². The number of nitrogens with one attached hydrogen (secondary N) is 1. The quantitative estimate of drug-likeness (QED) is 0.830. The normalized spacial score (nSPS) is 10.8. The zero-order valence-electron chi connectivity index (χ0n) is 10.2. The number of nitrogen functional groups attached to an aromatic ring is 1. The van der Waals surface area contributed by atoms with E-state index < -0.39 is 10.0 Å². The van der Waals surface area contributed by atoms with Crippen molar-refractivity contribution in [3.05, 3.63) is 52.5 Å². The van der Waals surface area contributed by atoms with Crippen molar-refractivity contribution in [1.29, 1.82) is 5.26 Å². The van der Waals surface area contributed by atoms with E-state index in [-0.39, 0.29) is 21.8 Å². The third-order valence-electron chi connectivity index (χ3n) is 2.55. The molecule has 3 N–H and O–H groups in total. The molecule has 0 aliphatic carbocycles. The minimum atomic E-state index is -3.84. The Morgan fingerprint density at radius 3 is 2.55 bits per heavy atom. The van der Waals surface area contributed by atoms with Gasteiger partial charge in [-0.15, -0.1) is 0 Å². The average Bonchev–Trinajstić information content (AvgIpc) is 2.38. The number of nitriles is 1. The fourth-order valence-electron chi connectivity index (χ4n) is 1.63. The van der Waals surface area contributed by atoms with Crippen molar-refractivity contribution in [2.45, 2.75) is 4.90 Å². The molecule has 0 amide bonds. The second kappa shape index (κ2) is 5.53. The van der Waals surface area contributed by atoms with Crippen molar-refractivity contribution in [1.82, 2.24) is 0 Å². The summed E-state index contributed by atoms with van der Waals surface area (Å²) in [6.45, 7) is 0. The molecule has 0 unspecified atom stereocenters. The van der Waals surface area contributed by atoms with E-state index in [9.17, 15) is 8.42 Å². The van der Waals surface area contributed by atoms with Gasteiger partial charge >= 0.3 is 0 Å². The molecule has 0 aliphatic rings. The van der Waals surface area contributed by atoms with E-state index in [4.69, 9.17) is 11.0 Å². The van der Waals surface area contributed by atoms with E-state index in [0.29, 0.717) is 4.47 Å². The number of sulfonamides is 1. The van der Waals surface area contributed by atoms with Crippen LogP contribution < -0.4 is 10.5 Å². The minimum absolute atomic E-state index is 0.0338. The van der Waals surface area contributed by atoms with E-state index in [1.54, 1.807) is 18.2 Å². The fourth-order valence-corrected chi connectivity index (χ4v) is 3.21. The summed E-state index contributed by atoms with van der Waals surface area (Å²) in [4.78, 5) is -0.0338. The zero-order valence-corrected chi connectivity index (χ0v) is 12.6. The molecule has 102 valence electrons. The fraction of sp³-hybridized carbons (Fsp3) is 0. The van der Waals surface area contributed by atoms with Crippen molar-refractivity contribution < 1.29 is 8.42 Å². The third-order valence-corrected chi connectivity index (χ3v) is 4.49. The van der Waals surface area contributed by atoms with E-state index in [0.717, 1.165) is 0 Å². The van der Waals surface area contributed by atoms with Crippen molar-refractivity contribution >= 4 is 37.3 Å². The summed E-state index contributed by atoms with van der Waals surface area (Å²) >= 11 is 3.21. The molecule has 5 nitrogen and oxygen atoms in total. The van der Waals surface area contributed by atoms with E-state index in [2.05, 4.69) is 20.7 Å². The molecule has 20 heavy (non-hydrogen) atoms. The van der Waals surface area contributed by atoms with Crippen LogP contribution in [-0.4, -0.2) is 8.42 Å². The molecule has 0 fully saturated rings. The van der Waals surface area contributed by atoms with E-state index in [1.165, 1.54) is 24.3 Å². The molecule has 2 aromatic rings.